The third-order valence-corrected chi connectivity index (χ3v) is 6.74. The molecular formula is C24H21N3O4S. The van der Waals surface area contributed by atoms with Crippen molar-refractivity contribution in [2.75, 3.05) is 10.2 Å². The minimum Gasteiger partial charge on any atom is -0.365 e. The third kappa shape index (κ3) is 3.38. The molecule has 0 bridgehead atoms. The number of nitrogens with zero attached hydrogens (tertiary/aromatic N) is 1. The van der Waals surface area contributed by atoms with Crippen LogP contribution in [0.5, 0.6) is 0 Å². The first-order chi connectivity index (χ1) is 15.1. The number of hydrogen-bond donors (Lipinski definition) is 2. The molecule has 2 heterocycles. The zero-order valence-corrected chi connectivity index (χ0v) is 18.8. The fourth-order valence-electron chi connectivity index (χ4n) is 3.75. The molecule has 1 aliphatic rings. The number of nitrogens with two attached hydrogens (primary N) is 1. The SMILES string of the molecule is Cc1ccc(C)c(N2C(=O)c3ccc(C(=O)Nc4sc(C)c(C)c4C(N)=O)cc3C2=O)c1. The van der Waals surface area contributed by atoms with E-state index in [-0.39, 0.29) is 22.3 Å². The Bertz CT molecular complexity index is 1340. The smallest absolute Gasteiger partial charge is 0.266 e. The van der Waals surface area contributed by atoms with E-state index in [0.717, 1.165) is 26.5 Å². The van der Waals surface area contributed by atoms with Crippen molar-refractivity contribution in [1.82, 2.24) is 0 Å². The van der Waals surface area contributed by atoms with Crippen LogP contribution in [0, 0.1) is 27.7 Å². The van der Waals surface area contributed by atoms with Crippen LogP contribution in [0.15, 0.2) is 36.4 Å². The maximum Gasteiger partial charge on any atom is 0.266 e. The van der Waals surface area contributed by atoms with E-state index in [0.29, 0.717) is 10.7 Å². The molecule has 162 valence electrons. The number of amides is 4. The molecule has 3 N–H and O–H groups in total. The summed E-state index contributed by atoms with van der Waals surface area (Å²) in [5.74, 6) is -2.02. The van der Waals surface area contributed by atoms with E-state index in [1.807, 2.05) is 32.9 Å². The minimum atomic E-state index is -0.624. The highest BCUT2D eigenvalue weighted by molar-refractivity contribution is 7.16. The molecule has 7 nitrogen and oxygen atoms in total. The van der Waals surface area contributed by atoms with Crippen molar-refractivity contribution in [3.05, 3.63) is 80.2 Å². The lowest BCUT2D eigenvalue weighted by Crippen LogP contribution is -2.30. The Kier molecular flexibility index (Phi) is 5.18. The van der Waals surface area contributed by atoms with Crippen molar-refractivity contribution in [2.24, 2.45) is 5.73 Å². The molecule has 4 amide bonds. The molecule has 3 aromatic rings. The summed E-state index contributed by atoms with van der Waals surface area (Å²) in [6.07, 6.45) is 0. The highest BCUT2D eigenvalue weighted by Crippen LogP contribution is 2.34. The van der Waals surface area contributed by atoms with Gasteiger partial charge < -0.3 is 11.1 Å². The molecule has 0 radical (unpaired) electrons. The number of imide groups is 1. The monoisotopic (exact) mass is 447 g/mol. The summed E-state index contributed by atoms with van der Waals surface area (Å²) in [5, 5.41) is 3.07. The molecule has 1 aliphatic heterocycles. The zero-order valence-electron chi connectivity index (χ0n) is 18.0. The Labute approximate surface area is 188 Å². The van der Waals surface area contributed by atoms with Gasteiger partial charge in [-0.3, -0.25) is 19.2 Å². The Morgan fingerprint density at radius 3 is 2.31 bits per heavy atom. The normalized spacial score (nSPS) is 12.8. The van der Waals surface area contributed by atoms with Crippen molar-refractivity contribution in [1.29, 1.82) is 0 Å². The average molecular weight is 448 g/mol. The molecule has 0 spiro atoms. The number of fused-ring (bicyclic) bond motifs is 1. The molecule has 4 rings (SSSR count). The number of primary amides is 1. The molecule has 8 heteroatoms. The first kappa shape index (κ1) is 21.5. The minimum absolute atomic E-state index is 0.164. The van der Waals surface area contributed by atoms with Gasteiger partial charge in [0, 0.05) is 10.4 Å². The molecule has 32 heavy (non-hydrogen) atoms. The fourth-order valence-corrected chi connectivity index (χ4v) is 4.81. The van der Waals surface area contributed by atoms with Crippen molar-refractivity contribution in [2.45, 2.75) is 27.7 Å². The molecule has 0 aliphatic carbocycles. The molecule has 1 aromatic heterocycles. The zero-order chi connectivity index (χ0) is 23.3. The molecule has 2 aromatic carbocycles. The van der Waals surface area contributed by atoms with Gasteiger partial charge in [0.2, 0.25) is 0 Å². The fraction of sp³-hybridized carbons (Fsp3) is 0.167. The number of hydrogen-bond acceptors (Lipinski definition) is 5. The quantitative estimate of drug-likeness (QED) is 0.586. The van der Waals surface area contributed by atoms with Crippen molar-refractivity contribution >= 4 is 45.7 Å². The Balaban J connectivity index is 1.68. The summed E-state index contributed by atoms with van der Waals surface area (Å²) in [5.41, 5.74) is 9.32. The Hall–Kier alpha value is -3.78. The van der Waals surface area contributed by atoms with Gasteiger partial charge in [-0.2, -0.15) is 0 Å². The molecule has 0 fully saturated rings. The Morgan fingerprint density at radius 1 is 0.938 bits per heavy atom. The largest absolute Gasteiger partial charge is 0.365 e. The molecule has 0 saturated heterocycles. The number of thiophene rings is 1. The predicted octanol–water partition coefficient (Wildman–Crippen LogP) is 4.13. The highest BCUT2D eigenvalue weighted by atomic mass is 32.1. The first-order valence-electron chi connectivity index (χ1n) is 9.91. The second-order valence-corrected chi connectivity index (χ2v) is 9.03. The van der Waals surface area contributed by atoms with Crippen LogP contribution < -0.4 is 16.0 Å². The summed E-state index contributed by atoms with van der Waals surface area (Å²) in [6.45, 7) is 7.32. The molecular weight excluding hydrogens is 426 g/mol. The van der Waals surface area contributed by atoms with Gasteiger partial charge in [-0.05, 0) is 68.7 Å². The van der Waals surface area contributed by atoms with Gasteiger partial charge in [0.15, 0.2) is 0 Å². The van der Waals surface area contributed by atoms with Gasteiger partial charge in [0.25, 0.3) is 23.6 Å². The van der Waals surface area contributed by atoms with Crippen LogP contribution in [0.4, 0.5) is 10.7 Å². The standard InChI is InChI=1S/C24H21N3O4S/c1-11-5-6-12(2)18(9-11)27-23(30)16-8-7-15(10-17(16)24(27)31)21(29)26-22-19(20(25)28)13(3)14(4)32-22/h5-10H,1-4H3,(H2,25,28)(H,26,29). The van der Waals surface area contributed by atoms with E-state index in [4.69, 9.17) is 5.73 Å². The van der Waals surface area contributed by atoms with Crippen LogP contribution in [0.3, 0.4) is 0 Å². The van der Waals surface area contributed by atoms with E-state index in [9.17, 15) is 19.2 Å². The van der Waals surface area contributed by atoms with Crippen molar-refractivity contribution in [3.8, 4) is 0 Å². The van der Waals surface area contributed by atoms with E-state index in [1.54, 1.807) is 13.0 Å². The number of benzene rings is 2. The van der Waals surface area contributed by atoms with E-state index in [2.05, 4.69) is 5.32 Å². The summed E-state index contributed by atoms with van der Waals surface area (Å²) < 4.78 is 0. The number of rotatable bonds is 4. The highest BCUT2D eigenvalue weighted by Gasteiger charge is 2.38. The lowest BCUT2D eigenvalue weighted by Gasteiger charge is -2.17. The first-order valence-corrected chi connectivity index (χ1v) is 10.7. The van der Waals surface area contributed by atoms with E-state index < -0.39 is 23.6 Å². The number of carbonyl (C=O) groups excluding carboxylic acids is 4. The molecule has 0 atom stereocenters. The van der Waals surface area contributed by atoms with E-state index in [1.165, 1.54) is 29.5 Å². The molecule has 0 unspecified atom stereocenters. The van der Waals surface area contributed by atoms with Crippen LogP contribution in [0.25, 0.3) is 0 Å². The van der Waals surface area contributed by atoms with Crippen molar-refractivity contribution < 1.29 is 19.2 Å². The van der Waals surface area contributed by atoms with Crippen LogP contribution in [-0.2, 0) is 0 Å². The van der Waals surface area contributed by atoms with Gasteiger partial charge >= 0.3 is 0 Å². The summed E-state index contributed by atoms with van der Waals surface area (Å²) >= 11 is 1.26. The second kappa shape index (κ2) is 7.72. The summed E-state index contributed by atoms with van der Waals surface area (Å²) in [7, 11) is 0. The van der Waals surface area contributed by atoms with E-state index >= 15 is 0 Å². The van der Waals surface area contributed by atoms with Crippen LogP contribution in [-0.4, -0.2) is 23.6 Å². The van der Waals surface area contributed by atoms with Gasteiger partial charge in [-0.25, -0.2) is 4.90 Å². The Morgan fingerprint density at radius 2 is 1.62 bits per heavy atom. The number of aryl methyl sites for hydroxylation is 3. The van der Waals surface area contributed by atoms with Crippen LogP contribution in [0.2, 0.25) is 0 Å². The molecule has 0 saturated carbocycles. The maximum atomic E-state index is 13.1. The van der Waals surface area contributed by atoms with Crippen LogP contribution >= 0.6 is 11.3 Å². The van der Waals surface area contributed by atoms with Crippen LogP contribution in [0.1, 0.15) is 63.0 Å². The van der Waals surface area contributed by atoms with Gasteiger partial charge in [0.1, 0.15) is 5.00 Å². The number of anilines is 2. The summed E-state index contributed by atoms with van der Waals surface area (Å²) in [6, 6.07) is 9.94. The van der Waals surface area contributed by atoms with Gasteiger partial charge in [-0.1, -0.05) is 12.1 Å². The average Bonchev–Trinajstić information content (AvgIpc) is 3.16. The van der Waals surface area contributed by atoms with Crippen molar-refractivity contribution in [3.63, 3.8) is 0 Å². The maximum absolute atomic E-state index is 13.1. The second-order valence-electron chi connectivity index (χ2n) is 7.80. The summed E-state index contributed by atoms with van der Waals surface area (Å²) in [4.78, 5) is 52.8. The van der Waals surface area contributed by atoms with Gasteiger partial charge in [-0.15, -0.1) is 11.3 Å². The van der Waals surface area contributed by atoms with Gasteiger partial charge in [0.05, 0.1) is 22.4 Å². The third-order valence-electron chi connectivity index (χ3n) is 5.61. The number of nitrogens with one attached hydrogen (secondary N) is 1. The predicted molar refractivity (Wildman–Crippen MR) is 124 cm³/mol. The number of carbonyl (C=O) groups is 4. The lowest BCUT2D eigenvalue weighted by atomic mass is 10.1. The topological polar surface area (TPSA) is 110 Å². The lowest BCUT2D eigenvalue weighted by molar-refractivity contribution is 0.0923.